The second kappa shape index (κ2) is 6.44. The zero-order valence-electron chi connectivity index (χ0n) is 12.6. The van der Waals surface area contributed by atoms with Crippen molar-refractivity contribution in [2.24, 2.45) is 0 Å². The van der Waals surface area contributed by atoms with E-state index >= 15 is 0 Å². The summed E-state index contributed by atoms with van der Waals surface area (Å²) in [6.07, 6.45) is 3.13. The van der Waals surface area contributed by atoms with Crippen molar-refractivity contribution >= 4 is 5.91 Å². The molecule has 1 N–H and O–H groups in total. The second-order valence-electron chi connectivity index (χ2n) is 5.23. The summed E-state index contributed by atoms with van der Waals surface area (Å²) in [5.74, 6) is -0.530. The molecule has 1 heterocycles. The van der Waals surface area contributed by atoms with Crippen molar-refractivity contribution in [2.45, 2.75) is 13.0 Å². The van der Waals surface area contributed by atoms with Gasteiger partial charge in [-0.15, -0.1) is 0 Å². The molecule has 1 amide bonds. The molecule has 0 aliphatic carbocycles. The Morgan fingerprint density at radius 2 is 1.83 bits per heavy atom. The summed E-state index contributed by atoms with van der Waals surface area (Å²) in [5, 5.41) is 2.91. The molecule has 2 aromatic carbocycles. The van der Waals surface area contributed by atoms with E-state index in [0.717, 1.165) is 11.3 Å². The minimum atomic E-state index is -0.297. The van der Waals surface area contributed by atoms with Crippen LogP contribution in [0.1, 0.15) is 29.0 Å². The predicted molar refractivity (Wildman–Crippen MR) is 85.8 cm³/mol. The number of carbonyl (C=O) groups is 1. The van der Waals surface area contributed by atoms with Crippen LogP contribution < -0.4 is 5.32 Å². The van der Waals surface area contributed by atoms with E-state index in [1.165, 1.54) is 18.3 Å². The number of imidazole rings is 1. The smallest absolute Gasteiger partial charge is 0.270 e. The van der Waals surface area contributed by atoms with Gasteiger partial charge in [0.25, 0.3) is 5.91 Å². The highest BCUT2D eigenvalue weighted by Crippen LogP contribution is 2.15. The Morgan fingerprint density at radius 3 is 2.52 bits per heavy atom. The quantitative estimate of drug-likeness (QED) is 0.802. The van der Waals surface area contributed by atoms with Gasteiger partial charge in [0.1, 0.15) is 11.5 Å². The summed E-state index contributed by atoms with van der Waals surface area (Å²) in [6, 6.07) is 15.4. The molecule has 0 fully saturated rings. The van der Waals surface area contributed by atoms with Crippen molar-refractivity contribution in [3.05, 3.63) is 84.2 Å². The van der Waals surface area contributed by atoms with Crippen molar-refractivity contribution in [1.82, 2.24) is 14.9 Å². The summed E-state index contributed by atoms with van der Waals surface area (Å²) < 4.78 is 14.7. The molecule has 0 bridgehead atoms. The molecule has 0 aliphatic rings. The molecule has 23 heavy (non-hydrogen) atoms. The normalized spacial score (nSPS) is 11.9. The number of para-hydroxylation sites is 1. The van der Waals surface area contributed by atoms with Gasteiger partial charge in [-0.25, -0.2) is 9.37 Å². The lowest BCUT2D eigenvalue weighted by Gasteiger charge is -2.15. The molecule has 0 spiro atoms. The van der Waals surface area contributed by atoms with Crippen LogP contribution in [0.4, 0.5) is 4.39 Å². The van der Waals surface area contributed by atoms with Crippen LogP contribution in [0.25, 0.3) is 5.69 Å². The van der Waals surface area contributed by atoms with Gasteiger partial charge in [-0.2, -0.15) is 0 Å². The van der Waals surface area contributed by atoms with Gasteiger partial charge in [0.15, 0.2) is 0 Å². The van der Waals surface area contributed by atoms with Crippen LogP contribution >= 0.6 is 0 Å². The predicted octanol–water partition coefficient (Wildman–Crippen LogP) is 3.50. The molecule has 4 nitrogen and oxygen atoms in total. The number of hydrogen-bond donors (Lipinski definition) is 1. The van der Waals surface area contributed by atoms with Gasteiger partial charge >= 0.3 is 0 Å². The molecule has 0 saturated heterocycles. The molecule has 0 radical (unpaired) electrons. The first-order chi connectivity index (χ1) is 11.1. The molecule has 0 aliphatic heterocycles. The van der Waals surface area contributed by atoms with Crippen LogP contribution in [0.15, 0.2) is 67.1 Å². The molecule has 1 unspecified atom stereocenters. The zero-order chi connectivity index (χ0) is 16.2. The van der Waals surface area contributed by atoms with Crippen LogP contribution in [-0.4, -0.2) is 15.5 Å². The topological polar surface area (TPSA) is 46.9 Å². The average Bonchev–Trinajstić information content (AvgIpc) is 3.06. The fourth-order valence-corrected chi connectivity index (χ4v) is 2.36. The monoisotopic (exact) mass is 309 g/mol. The number of nitrogens with one attached hydrogen (secondary N) is 1. The third-order valence-electron chi connectivity index (χ3n) is 3.62. The van der Waals surface area contributed by atoms with Gasteiger partial charge in [-0.3, -0.25) is 9.36 Å². The molecular formula is C18H16FN3O. The van der Waals surface area contributed by atoms with E-state index in [0.29, 0.717) is 5.69 Å². The summed E-state index contributed by atoms with van der Waals surface area (Å²) in [6.45, 7) is 1.86. The van der Waals surface area contributed by atoms with Crippen molar-refractivity contribution in [3.8, 4) is 5.69 Å². The Morgan fingerprint density at radius 1 is 1.13 bits per heavy atom. The molecule has 0 saturated carbocycles. The standard InChI is InChI=1S/C18H16FN3O/c1-13(14-7-9-15(19)10-8-14)21-18(23)17-11-20-12-22(17)16-5-3-2-4-6-16/h2-13H,1H3,(H,21,23). The second-order valence-corrected chi connectivity index (χ2v) is 5.23. The molecule has 116 valence electrons. The highest BCUT2D eigenvalue weighted by Gasteiger charge is 2.16. The number of aromatic nitrogens is 2. The van der Waals surface area contributed by atoms with Gasteiger partial charge in [-0.05, 0) is 36.8 Å². The van der Waals surface area contributed by atoms with Crippen LogP contribution in [0.5, 0.6) is 0 Å². The third-order valence-corrected chi connectivity index (χ3v) is 3.62. The van der Waals surface area contributed by atoms with Crippen molar-refractivity contribution in [2.75, 3.05) is 0 Å². The molecule has 5 heteroatoms. The van der Waals surface area contributed by atoms with E-state index in [-0.39, 0.29) is 17.8 Å². The van der Waals surface area contributed by atoms with E-state index in [1.807, 2.05) is 37.3 Å². The number of nitrogens with zero attached hydrogens (tertiary/aromatic N) is 2. The Hall–Kier alpha value is -2.95. The third kappa shape index (κ3) is 3.29. The molecular weight excluding hydrogens is 293 g/mol. The Bertz CT molecular complexity index is 797. The van der Waals surface area contributed by atoms with E-state index in [9.17, 15) is 9.18 Å². The van der Waals surface area contributed by atoms with Gasteiger partial charge in [0.05, 0.1) is 18.6 Å². The highest BCUT2D eigenvalue weighted by molar-refractivity contribution is 5.93. The number of amides is 1. The van der Waals surface area contributed by atoms with E-state index in [1.54, 1.807) is 23.0 Å². The number of rotatable bonds is 4. The van der Waals surface area contributed by atoms with Crippen LogP contribution in [-0.2, 0) is 0 Å². The Labute approximate surface area is 133 Å². The minimum absolute atomic E-state index is 0.233. The number of carbonyl (C=O) groups excluding carboxylic acids is 1. The fraction of sp³-hybridized carbons (Fsp3) is 0.111. The molecule has 3 aromatic rings. The van der Waals surface area contributed by atoms with Gasteiger partial charge in [-0.1, -0.05) is 30.3 Å². The van der Waals surface area contributed by atoms with Gasteiger partial charge in [0.2, 0.25) is 0 Å². The highest BCUT2D eigenvalue weighted by atomic mass is 19.1. The molecule has 1 aromatic heterocycles. The lowest BCUT2D eigenvalue weighted by Crippen LogP contribution is -2.28. The summed E-state index contributed by atoms with van der Waals surface area (Å²) in [7, 11) is 0. The lowest BCUT2D eigenvalue weighted by molar-refractivity contribution is 0.0933. The maximum absolute atomic E-state index is 13.0. The van der Waals surface area contributed by atoms with Crippen molar-refractivity contribution < 1.29 is 9.18 Å². The van der Waals surface area contributed by atoms with E-state index in [2.05, 4.69) is 10.3 Å². The van der Waals surface area contributed by atoms with Gasteiger partial charge < -0.3 is 5.32 Å². The van der Waals surface area contributed by atoms with E-state index in [4.69, 9.17) is 0 Å². The van der Waals surface area contributed by atoms with Crippen molar-refractivity contribution in [3.63, 3.8) is 0 Å². The van der Waals surface area contributed by atoms with Gasteiger partial charge in [0, 0.05) is 5.69 Å². The molecule has 3 rings (SSSR count). The largest absolute Gasteiger partial charge is 0.344 e. The average molecular weight is 309 g/mol. The van der Waals surface area contributed by atoms with Crippen LogP contribution in [0.2, 0.25) is 0 Å². The Kier molecular flexibility index (Phi) is 4.19. The first-order valence-corrected chi connectivity index (χ1v) is 7.29. The maximum atomic E-state index is 13.0. The van der Waals surface area contributed by atoms with E-state index < -0.39 is 0 Å². The zero-order valence-corrected chi connectivity index (χ0v) is 12.6. The summed E-state index contributed by atoms with van der Waals surface area (Å²) >= 11 is 0. The number of halogens is 1. The Balaban J connectivity index is 1.79. The summed E-state index contributed by atoms with van der Waals surface area (Å²) in [4.78, 5) is 16.6. The first-order valence-electron chi connectivity index (χ1n) is 7.29. The van der Waals surface area contributed by atoms with Crippen molar-refractivity contribution in [1.29, 1.82) is 0 Å². The fourth-order valence-electron chi connectivity index (χ4n) is 2.36. The lowest BCUT2D eigenvalue weighted by atomic mass is 10.1. The minimum Gasteiger partial charge on any atom is -0.344 e. The first kappa shape index (κ1) is 15.0. The number of hydrogen-bond acceptors (Lipinski definition) is 2. The van der Waals surface area contributed by atoms with Crippen LogP contribution in [0, 0.1) is 5.82 Å². The van der Waals surface area contributed by atoms with Crippen LogP contribution in [0.3, 0.4) is 0 Å². The molecule has 1 atom stereocenters. The maximum Gasteiger partial charge on any atom is 0.270 e. The number of benzene rings is 2. The SMILES string of the molecule is CC(NC(=O)c1cncn1-c1ccccc1)c1ccc(F)cc1. The summed E-state index contributed by atoms with van der Waals surface area (Å²) in [5.41, 5.74) is 2.15.